The predicted molar refractivity (Wildman–Crippen MR) is 62.2 cm³/mol. The molecule has 0 atom stereocenters. The number of esters is 1. The van der Waals surface area contributed by atoms with E-state index in [-0.39, 0.29) is 5.97 Å². The van der Waals surface area contributed by atoms with Crippen LogP contribution in [0.5, 0.6) is 0 Å². The van der Waals surface area contributed by atoms with E-state index in [9.17, 15) is 4.79 Å². The lowest BCUT2D eigenvalue weighted by Crippen LogP contribution is -2.03. The molecule has 16 heavy (non-hydrogen) atoms. The fourth-order valence-electron chi connectivity index (χ4n) is 1.21. The molecule has 6 heteroatoms. The van der Waals surface area contributed by atoms with Crippen molar-refractivity contribution in [2.45, 2.75) is 37.8 Å². The molecule has 1 aromatic rings. The molecule has 0 unspecified atom stereocenters. The van der Waals surface area contributed by atoms with Crippen LogP contribution >= 0.6 is 11.8 Å². The third kappa shape index (κ3) is 5.75. The van der Waals surface area contributed by atoms with Crippen molar-refractivity contribution in [2.24, 2.45) is 0 Å². The lowest BCUT2D eigenvalue weighted by molar-refractivity contribution is -0.143. The maximum Gasteiger partial charge on any atom is 0.305 e. The van der Waals surface area contributed by atoms with Gasteiger partial charge in [0.2, 0.25) is 0 Å². The molecule has 5 nitrogen and oxygen atoms in total. The highest BCUT2D eigenvalue weighted by molar-refractivity contribution is 7.99. The summed E-state index contributed by atoms with van der Waals surface area (Å²) < 4.78 is 4.84. The van der Waals surface area contributed by atoms with Crippen molar-refractivity contribution in [1.29, 1.82) is 0 Å². The number of hydrogen-bond acceptors (Lipinski definition) is 5. The number of thioether (sulfide) groups is 1. The van der Waals surface area contributed by atoms with E-state index in [1.807, 2.05) is 6.92 Å². The molecule has 0 aliphatic carbocycles. The van der Waals surface area contributed by atoms with Crippen LogP contribution in [0, 0.1) is 0 Å². The Labute approximate surface area is 99.4 Å². The van der Waals surface area contributed by atoms with Crippen LogP contribution in [0.4, 0.5) is 0 Å². The summed E-state index contributed by atoms with van der Waals surface area (Å²) in [5, 5.41) is 7.41. The van der Waals surface area contributed by atoms with E-state index in [0.29, 0.717) is 13.0 Å². The number of nitrogens with one attached hydrogen (secondary N) is 1. The van der Waals surface area contributed by atoms with Crippen molar-refractivity contribution in [3.8, 4) is 0 Å². The number of rotatable bonds is 8. The molecule has 90 valence electrons. The highest BCUT2D eigenvalue weighted by Crippen LogP contribution is 2.14. The van der Waals surface area contributed by atoms with Gasteiger partial charge in [0.1, 0.15) is 6.33 Å². The molecule has 0 saturated heterocycles. The highest BCUT2D eigenvalue weighted by atomic mass is 32.2. The summed E-state index contributed by atoms with van der Waals surface area (Å²) in [6, 6.07) is 0. The summed E-state index contributed by atoms with van der Waals surface area (Å²) in [5.74, 6) is 0.906. The van der Waals surface area contributed by atoms with Crippen molar-refractivity contribution in [3.63, 3.8) is 0 Å². The van der Waals surface area contributed by atoms with Crippen molar-refractivity contribution in [2.75, 3.05) is 12.4 Å². The quantitative estimate of drug-likeness (QED) is 0.430. The highest BCUT2D eigenvalue weighted by Gasteiger charge is 2.01. The Kier molecular flexibility index (Phi) is 6.64. The van der Waals surface area contributed by atoms with Gasteiger partial charge in [-0.05, 0) is 19.8 Å². The van der Waals surface area contributed by atoms with Crippen molar-refractivity contribution >= 4 is 17.7 Å². The second kappa shape index (κ2) is 8.15. The second-order valence-electron chi connectivity index (χ2n) is 3.25. The number of carbonyl (C=O) groups is 1. The van der Waals surface area contributed by atoms with Crippen LogP contribution < -0.4 is 0 Å². The number of aromatic nitrogens is 3. The molecule has 1 N–H and O–H groups in total. The Morgan fingerprint density at radius 3 is 3.06 bits per heavy atom. The van der Waals surface area contributed by atoms with Crippen molar-refractivity contribution < 1.29 is 9.53 Å². The van der Waals surface area contributed by atoms with E-state index in [0.717, 1.165) is 30.2 Å². The minimum Gasteiger partial charge on any atom is -0.466 e. The lowest BCUT2D eigenvalue weighted by Gasteiger charge is -2.01. The largest absolute Gasteiger partial charge is 0.466 e. The Morgan fingerprint density at radius 2 is 2.38 bits per heavy atom. The van der Waals surface area contributed by atoms with Gasteiger partial charge in [0.15, 0.2) is 5.16 Å². The van der Waals surface area contributed by atoms with Gasteiger partial charge in [-0.2, -0.15) is 5.10 Å². The SMILES string of the molecule is CCOC(=O)CCCCCSc1ncn[nH]1. The van der Waals surface area contributed by atoms with E-state index >= 15 is 0 Å². The first kappa shape index (κ1) is 13.0. The maximum atomic E-state index is 11.0. The van der Waals surface area contributed by atoms with Gasteiger partial charge < -0.3 is 4.74 Å². The van der Waals surface area contributed by atoms with Crippen LogP contribution in [0.2, 0.25) is 0 Å². The molecule has 0 aromatic carbocycles. The summed E-state index contributed by atoms with van der Waals surface area (Å²) in [6.07, 6.45) is 5.05. The van der Waals surface area contributed by atoms with Gasteiger partial charge in [0.25, 0.3) is 0 Å². The zero-order valence-electron chi connectivity index (χ0n) is 9.44. The molecular weight excluding hydrogens is 226 g/mol. The van der Waals surface area contributed by atoms with E-state index in [4.69, 9.17) is 4.74 Å². The van der Waals surface area contributed by atoms with Crippen LogP contribution in [0.25, 0.3) is 0 Å². The number of aromatic amines is 1. The van der Waals surface area contributed by atoms with E-state index in [1.165, 1.54) is 6.33 Å². The first-order valence-electron chi connectivity index (χ1n) is 5.46. The fourth-order valence-corrected chi connectivity index (χ4v) is 1.99. The number of unbranched alkanes of at least 4 members (excludes halogenated alkanes) is 2. The molecule has 0 fully saturated rings. The molecule has 0 amide bonds. The zero-order chi connectivity index (χ0) is 11.6. The normalized spacial score (nSPS) is 10.3. The van der Waals surface area contributed by atoms with Crippen LogP contribution in [0.3, 0.4) is 0 Å². The monoisotopic (exact) mass is 243 g/mol. The van der Waals surface area contributed by atoms with E-state index < -0.39 is 0 Å². The molecule has 1 aromatic heterocycles. The molecule has 0 aliphatic heterocycles. The van der Waals surface area contributed by atoms with Crippen LogP contribution in [0.15, 0.2) is 11.5 Å². The smallest absolute Gasteiger partial charge is 0.305 e. The summed E-state index contributed by atoms with van der Waals surface area (Å²) in [5.41, 5.74) is 0. The van der Waals surface area contributed by atoms with Crippen LogP contribution in [-0.2, 0) is 9.53 Å². The average molecular weight is 243 g/mol. The Bertz CT molecular complexity index is 290. The molecule has 0 spiro atoms. The summed E-state index contributed by atoms with van der Waals surface area (Å²) in [6.45, 7) is 2.30. The first-order valence-corrected chi connectivity index (χ1v) is 6.45. The van der Waals surface area contributed by atoms with Crippen LogP contribution in [0.1, 0.15) is 32.6 Å². The second-order valence-corrected chi connectivity index (χ2v) is 4.34. The number of H-pyrrole nitrogens is 1. The number of nitrogens with zero attached hydrogens (tertiary/aromatic N) is 2. The molecule has 1 rings (SSSR count). The summed E-state index contributed by atoms with van der Waals surface area (Å²) in [7, 11) is 0. The zero-order valence-corrected chi connectivity index (χ0v) is 10.3. The number of ether oxygens (including phenoxy) is 1. The van der Waals surface area contributed by atoms with Crippen molar-refractivity contribution in [1.82, 2.24) is 15.2 Å². The average Bonchev–Trinajstić information content (AvgIpc) is 2.76. The molecule has 1 heterocycles. The predicted octanol–water partition coefficient (Wildman–Crippen LogP) is 2.02. The van der Waals surface area contributed by atoms with Gasteiger partial charge in [-0.25, -0.2) is 4.98 Å². The van der Waals surface area contributed by atoms with Gasteiger partial charge in [-0.3, -0.25) is 9.89 Å². The van der Waals surface area contributed by atoms with Crippen LogP contribution in [-0.4, -0.2) is 33.5 Å². The maximum absolute atomic E-state index is 11.0. The minimum atomic E-state index is -0.0922. The number of hydrogen-bond donors (Lipinski definition) is 1. The van der Waals surface area contributed by atoms with Gasteiger partial charge in [-0.1, -0.05) is 18.2 Å². The molecule has 0 radical (unpaired) electrons. The third-order valence-corrected chi connectivity index (χ3v) is 2.93. The van der Waals surface area contributed by atoms with Gasteiger partial charge in [-0.15, -0.1) is 0 Å². The standard InChI is InChI=1S/C10H17N3O2S/c1-2-15-9(14)6-4-3-5-7-16-10-11-8-12-13-10/h8H,2-7H2,1H3,(H,11,12,13). The minimum absolute atomic E-state index is 0.0922. The Morgan fingerprint density at radius 1 is 1.50 bits per heavy atom. The number of carbonyl (C=O) groups excluding carboxylic acids is 1. The molecule has 0 bridgehead atoms. The Hall–Kier alpha value is -1.04. The van der Waals surface area contributed by atoms with E-state index in [1.54, 1.807) is 11.8 Å². The van der Waals surface area contributed by atoms with E-state index in [2.05, 4.69) is 15.2 Å². The lowest BCUT2D eigenvalue weighted by atomic mass is 10.2. The topological polar surface area (TPSA) is 67.9 Å². The molecule has 0 saturated carbocycles. The van der Waals surface area contributed by atoms with Gasteiger partial charge in [0, 0.05) is 12.2 Å². The van der Waals surface area contributed by atoms with Gasteiger partial charge in [0.05, 0.1) is 6.61 Å². The van der Waals surface area contributed by atoms with Crippen molar-refractivity contribution in [3.05, 3.63) is 6.33 Å². The third-order valence-electron chi connectivity index (χ3n) is 1.96. The summed E-state index contributed by atoms with van der Waals surface area (Å²) in [4.78, 5) is 15.0. The van der Waals surface area contributed by atoms with Gasteiger partial charge >= 0.3 is 5.97 Å². The first-order chi connectivity index (χ1) is 7.83. The molecular formula is C10H17N3O2S. The molecule has 0 aliphatic rings. The fraction of sp³-hybridized carbons (Fsp3) is 0.700. The summed E-state index contributed by atoms with van der Waals surface area (Å²) >= 11 is 1.65. The Balaban J connectivity index is 1.90.